The van der Waals surface area contributed by atoms with Gasteiger partial charge in [0.25, 0.3) is 5.91 Å². The van der Waals surface area contributed by atoms with Crippen molar-refractivity contribution >= 4 is 40.1 Å². The van der Waals surface area contributed by atoms with Crippen LogP contribution in [-0.2, 0) is 15.7 Å². The van der Waals surface area contributed by atoms with Crippen LogP contribution in [0, 0.1) is 0 Å². The maximum absolute atomic E-state index is 12.9. The Kier molecular flexibility index (Phi) is 5.60. The molecule has 0 radical (unpaired) electrons. The number of pyridine rings is 1. The molecule has 0 atom stereocenters. The highest BCUT2D eigenvalue weighted by atomic mass is 35.5. The highest BCUT2D eigenvalue weighted by Crippen LogP contribution is 2.36. The van der Waals surface area contributed by atoms with Crippen molar-refractivity contribution in [2.75, 3.05) is 11.9 Å². The summed E-state index contributed by atoms with van der Waals surface area (Å²) in [5.41, 5.74) is -1.42. The van der Waals surface area contributed by atoms with Gasteiger partial charge in [-0.1, -0.05) is 29.8 Å². The Morgan fingerprint density at radius 2 is 1.83 bits per heavy atom. The van der Waals surface area contributed by atoms with Crippen molar-refractivity contribution in [3.63, 3.8) is 0 Å². The molecule has 1 amide bonds. The minimum Gasteiger partial charge on any atom is -0.452 e. The van der Waals surface area contributed by atoms with E-state index in [0.29, 0.717) is 17.0 Å². The first-order chi connectivity index (χ1) is 13.6. The number of halogens is 4. The molecule has 2 aromatic carbocycles. The standard InChI is InChI=1S/C19H12ClF3N2O4/c20-14-6-5-10(7-13(14)19(21,22)23)24-17(27)9-29-18(28)12-8-16(26)25-15-4-2-1-3-11(12)15/h1-8H,9H2,(H,24,27)(H,25,26). The number of ether oxygens (including phenoxy) is 1. The molecule has 150 valence electrons. The van der Waals surface area contributed by atoms with Gasteiger partial charge in [-0.2, -0.15) is 13.2 Å². The fraction of sp³-hybridized carbons (Fsp3) is 0.105. The number of carbonyl (C=O) groups is 2. The minimum atomic E-state index is -4.69. The van der Waals surface area contributed by atoms with Crippen molar-refractivity contribution in [1.29, 1.82) is 0 Å². The number of anilines is 1. The Hall–Kier alpha value is -3.33. The Labute approximate surface area is 166 Å². The Balaban J connectivity index is 1.71. The summed E-state index contributed by atoms with van der Waals surface area (Å²) in [7, 11) is 0. The third-order valence-corrected chi connectivity index (χ3v) is 4.19. The van der Waals surface area contributed by atoms with Crippen molar-refractivity contribution in [2.45, 2.75) is 6.18 Å². The molecule has 0 fully saturated rings. The monoisotopic (exact) mass is 424 g/mol. The number of para-hydroxylation sites is 1. The SMILES string of the molecule is O=C(COC(=O)c1cc(=O)[nH]c2ccccc12)Nc1ccc(Cl)c(C(F)(F)F)c1. The molecular weight excluding hydrogens is 413 g/mol. The van der Waals surface area contributed by atoms with Crippen LogP contribution in [0.3, 0.4) is 0 Å². The maximum atomic E-state index is 12.9. The van der Waals surface area contributed by atoms with E-state index in [0.717, 1.165) is 12.1 Å². The van der Waals surface area contributed by atoms with Crippen molar-refractivity contribution in [1.82, 2.24) is 4.98 Å². The number of amides is 1. The molecule has 29 heavy (non-hydrogen) atoms. The van der Waals surface area contributed by atoms with E-state index in [1.54, 1.807) is 24.3 Å². The molecule has 3 aromatic rings. The lowest BCUT2D eigenvalue weighted by Crippen LogP contribution is -2.22. The van der Waals surface area contributed by atoms with Gasteiger partial charge in [-0.15, -0.1) is 0 Å². The molecule has 0 aliphatic heterocycles. The van der Waals surface area contributed by atoms with Gasteiger partial charge in [-0.3, -0.25) is 9.59 Å². The number of rotatable bonds is 4. The third-order valence-electron chi connectivity index (χ3n) is 3.86. The number of hydrogen-bond acceptors (Lipinski definition) is 4. The molecule has 0 unspecified atom stereocenters. The van der Waals surface area contributed by atoms with Crippen LogP contribution >= 0.6 is 11.6 Å². The van der Waals surface area contributed by atoms with Crippen LogP contribution in [0.25, 0.3) is 10.9 Å². The van der Waals surface area contributed by atoms with E-state index in [1.807, 2.05) is 0 Å². The second-order valence-corrected chi connectivity index (χ2v) is 6.32. The third kappa shape index (κ3) is 4.75. The normalized spacial score (nSPS) is 11.3. The highest BCUT2D eigenvalue weighted by Gasteiger charge is 2.33. The molecular formula is C19H12ClF3N2O4. The maximum Gasteiger partial charge on any atom is 0.417 e. The molecule has 0 aliphatic rings. The number of esters is 1. The molecule has 0 aliphatic carbocycles. The summed E-state index contributed by atoms with van der Waals surface area (Å²) in [5, 5.41) is 2.10. The Morgan fingerprint density at radius 3 is 2.55 bits per heavy atom. The number of nitrogens with one attached hydrogen (secondary N) is 2. The molecule has 1 aromatic heterocycles. The Bertz CT molecular complexity index is 1160. The summed E-state index contributed by atoms with van der Waals surface area (Å²) in [6, 6.07) is 10.4. The molecule has 0 saturated carbocycles. The predicted octanol–water partition coefficient (Wildman–Crippen LogP) is 4.00. The van der Waals surface area contributed by atoms with Crippen molar-refractivity contribution in [3.8, 4) is 0 Å². The fourth-order valence-corrected chi connectivity index (χ4v) is 2.82. The van der Waals surface area contributed by atoms with E-state index in [2.05, 4.69) is 10.3 Å². The van der Waals surface area contributed by atoms with Crippen molar-refractivity contribution in [2.24, 2.45) is 0 Å². The van der Waals surface area contributed by atoms with Crippen LogP contribution in [0.2, 0.25) is 5.02 Å². The van der Waals surface area contributed by atoms with E-state index in [4.69, 9.17) is 16.3 Å². The molecule has 10 heteroatoms. The topological polar surface area (TPSA) is 88.3 Å². The molecule has 1 heterocycles. The van der Waals surface area contributed by atoms with Gasteiger partial charge in [-0.05, 0) is 24.3 Å². The van der Waals surface area contributed by atoms with Crippen molar-refractivity contribution < 1.29 is 27.5 Å². The lowest BCUT2D eigenvalue weighted by Gasteiger charge is -2.12. The van der Waals surface area contributed by atoms with E-state index < -0.39 is 40.8 Å². The van der Waals surface area contributed by atoms with Crippen LogP contribution in [0.4, 0.5) is 18.9 Å². The molecule has 0 spiro atoms. The van der Waals surface area contributed by atoms with E-state index in [-0.39, 0.29) is 11.3 Å². The van der Waals surface area contributed by atoms with Gasteiger partial charge in [0, 0.05) is 22.7 Å². The van der Waals surface area contributed by atoms with E-state index in [9.17, 15) is 27.6 Å². The minimum absolute atomic E-state index is 0.0389. The van der Waals surface area contributed by atoms with Crippen LogP contribution in [0.5, 0.6) is 0 Å². The zero-order valence-corrected chi connectivity index (χ0v) is 15.2. The molecule has 0 bridgehead atoms. The van der Waals surface area contributed by atoms with Crippen LogP contribution in [-0.4, -0.2) is 23.5 Å². The quantitative estimate of drug-likeness (QED) is 0.620. The smallest absolute Gasteiger partial charge is 0.417 e. The molecule has 6 nitrogen and oxygen atoms in total. The lowest BCUT2D eigenvalue weighted by atomic mass is 10.1. The van der Waals surface area contributed by atoms with Gasteiger partial charge in [-0.25, -0.2) is 4.79 Å². The number of H-pyrrole nitrogens is 1. The average Bonchev–Trinajstić information content (AvgIpc) is 2.66. The summed E-state index contributed by atoms with van der Waals surface area (Å²) in [5.74, 6) is -1.78. The van der Waals surface area contributed by atoms with Crippen LogP contribution in [0.15, 0.2) is 53.3 Å². The zero-order chi connectivity index (χ0) is 21.2. The molecule has 3 rings (SSSR count). The zero-order valence-electron chi connectivity index (χ0n) is 14.5. The van der Waals surface area contributed by atoms with Crippen molar-refractivity contribution in [3.05, 3.63) is 75.0 Å². The number of carbonyl (C=O) groups excluding carboxylic acids is 2. The van der Waals surface area contributed by atoms with Gasteiger partial charge in [0.15, 0.2) is 6.61 Å². The van der Waals surface area contributed by atoms with Gasteiger partial charge in [0.1, 0.15) is 0 Å². The number of alkyl halides is 3. The fourth-order valence-electron chi connectivity index (χ4n) is 2.60. The highest BCUT2D eigenvalue weighted by molar-refractivity contribution is 6.31. The first-order valence-corrected chi connectivity index (χ1v) is 8.49. The summed E-state index contributed by atoms with van der Waals surface area (Å²) in [6.07, 6.45) is -4.69. The largest absolute Gasteiger partial charge is 0.452 e. The predicted molar refractivity (Wildman–Crippen MR) is 99.9 cm³/mol. The van der Waals surface area contributed by atoms with E-state index in [1.165, 1.54) is 6.07 Å². The van der Waals surface area contributed by atoms with Crippen LogP contribution < -0.4 is 10.9 Å². The summed E-state index contributed by atoms with van der Waals surface area (Å²) in [4.78, 5) is 38.5. The molecule has 2 N–H and O–H groups in total. The lowest BCUT2D eigenvalue weighted by molar-refractivity contribution is -0.137. The number of fused-ring (bicyclic) bond motifs is 1. The summed E-state index contributed by atoms with van der Waals surface area (Å²) < 4.78 is 43.5. The van der Waals surface area contributed by atoms with Gasteiger partial charge in [0.05, 0.1) is 16.1 Å². The van der Waals surface area contributed by atoms with Gasteiger partial charge >= 0.3 is 12.1 Å². The number of benzene rings is 2. The van der Waals surface area contributed by atoms with Gasteiger partial charge < -0.3 is 15.0 Å². The van der Waals surface area contributed by atoms with E-state index >= 15 is 0 Å². The summed E-state index contributed by atoms with van der Waals surface area (Å²) in [6.45, 7) is -0.760. The summed E-state index contributed by atoms with van der Waals surface area (Å²) >= 11 is 5.52. The number of hydrogen-bond donors (Lipinski definition) is 2. The van der Waals surface area contributed by atoms with Crippen LogP contribution in [0.1, 0.15) is 15.9 Å². The first kappa shape index (κ1) is 20.4. The number of aromatic amines is 1. The Morgan fingerprint density at radius 1 is 1.10 bits per heavy atom. The second kappa shape index (κ2) is 7.96. The van der Waals surface area contributed by atoms with Gasteiger partial charge in [0.2, 0.25) is 5.56 Å². The first-order valence-electron chi connectivity index (χ1n) is 8.11. The average molecular weight is 425 g/mol. The second-order valence-electron chi connectivity index (χ2n) is 5.91. The molecule has 0 saturated heterocycles. The number of aromatic nitrogens is 1.